The number of amides is 2. The first-order chi connectivity index (χ1) is 12.5. The number of likely N-dealkylation sites (tertiary alicyclic amines) is 1. The van der Waals surface area contributed by atoms with E-state index in [-0.39, 0.29) is 17.7 Å². The molecule has 0 N–H and O–H groups in total. The van der Waals surface area contributed by atoms with Crippen LogP contribution in [0.4, 0.5) is 0 Å². The van der Waals surface area contributed by atoms with E-state index in [1.54, 1.807) is 27.3 Å². The number of rotatable bonds is 6. The Morgan fingerprint density at radius 3 is 2.92 bits per heavy atom. The van der Waals surface area contributed by atoms with Crippen LogP contribution in [0.3, 0.4) is 0 Å². The minimum absolute atomic E-state index is 0.0997. The Bertz CT molecular complexity index is 762. The molecule has 1 unspecified atom stereocenters. The highest BCUT2D eigenvalue weighted by molar-refractivity contribution is 7.09. The van der Waals surface area contributed by atoms with Gasteiger partial charge in [-0.2, -0.15) is 0 Å². The summed E-state index contributed by atoms with van der Waals surface area (Å²) in [7, 11) is 1.85. The number of carbonyl (C=O) groups excluding carboxylic acids is 2. The number of piperidine rings is 1. The molecule has 0 bridgehead atoms. The first-order valence-electron chi connectivity index (χ1n) is 8.86. The zero-order chi connectivity index (χ0) is 18.5. The van der Waals surface area contributed by atoms with Gasteiger partial charge in [-0.1, -0.05) is 6.07 Å². The van der Waals surface area contributed by atoms with Crippen LogP contribution in [0.15, 0.2) is 29.9 Å². The van der Waals surface area contributed by atoms with E-state index in [2.05, 4.69) is 9.97 Å². The highest BCUT2D eigenvalue weighted by Gasteiger charge is 2.31. The number of carbonyl (C=O) groups is 2. The first-order valence-corrected chi connectivity index (χ1v) is 9.74. The maximum absolute atomic E-state index is 12.8. The lowest BCUT2D eigenvalue weighted by Crippen LogP contribution is -2.46. The second-order valence-electron chi connectivity index (χ2n) is 6.70. The molecule has 0 aliphatic carbocycles. The predicted molar refractivity (Wildman–Crippen MR) is 101 cm³/mol. The zero-order valence-corrected chi connectivity index (χ0v) is 16.0. The zero-order valence-electron chi connectivity index (χ0n) is 15.2. The van der Waals surface area contributed by atoms with E-state index in [0.29, 0.717) is 32.5 Å². The van der Waals surface area contributed by atoms with Crippen LogP contribution in [0.5, 0.6) is 0 Å². The van der Waals surface area contributed by atoms with Gasteiger partial charge in [0.25, 0.3) is 0 Å². The van der Waals surface area contributed by atoms with Crippen molar-refractivity contribution in [2.45, 2.75) is 32.7 Å². The Hall–Kier alpha value is -2.28. The number of hydrogen-bond acceptors (Lipinski definition) is 5. The quantitative estimate of drug-likeness (QED) is 0.780. The third kappa shape index (κ3) is 4.46. The second kappa shape index (κ2) is 8.40. The molecule has 1 saturated heterocycles. The van der Waals surface area contributed by atoms with Crippen molar-refractivity contribution in [1.29, 1.82) is 0 Å². The number of likely N-dealkylation sites (N-methyl/N-ethyl adjacent to an activating group) is 1. The van der Waals surface area contributed by atoms with E-state index in [0.717, 1.165) is 17.8 Å². The Balaban J connectivity index is 1.56. The van der Waals surface area contributed by atoms with Crippen LogP contribution < -0.4 is 0 Å². The molecular weight excluding hydrogens is 348 g/mol. The molecule has 6 nitrogen and oxygen atoms in total. The molecule has 3 rings (SSSR count). The molecule has 2 amide bonds. The number of thiazole rings is 1. The average Bonchev–Trinajstić information content (AvgIpc) is 3.06. The van der Waals surface area contributed by atoms with Gasteiger partial charge in [0, 0.05) is 44.1 Å². The summed E-state index contributed by atoms with van der Waals surface area (Å²) in [4.78, 5) is 38.3. The van der Waals surface area contributed by atoms with Crippen LogP contribution >= 0.6 is 11.3 Å². The van der Waals surface area contributed by atoms with E-state index >= 15 is 0 Å². The summed E-state index contributed by atoms with van der Waals surface area (Å²) in [6.07, 6.45) is 3.59. The number of aromatic nitrogens is 2. The van der Waals surface area contributed by atoms with E-state index in [4.69, 9.17) is 0 Å². The summed E-state index contributed by atoms with van der Waals surface area (Å²) in [6, 6.07) is 5.67. The lowest BCUT2D eigenvalue weighted by atomic mass is 9.96. The molecule has 0 aromatic carbocycles. The number of nitrogens with zero attached hydrogens (tertiary/aromatic N) is 4. The van der Waals surface area contributed by atoms with Gasteiger partial charge >= 0.3 is 0 Å². The molecule has 1 aliphatic rings. The van der Waals surface area contributed by atoms with E-state index in [1.807, 2.05) is 37.7 Å². The van der Waals surface area contributed by atoms with Crippen molar-refractivity contribution in [2.75, 3.05) is 20.1 Å². The summed E-state index contributed by atoms with van der Waals surface area (Å²) in [5.41, 5.74) is 3.73. The maximum Gasteiger partial charge on any atom is 0.227 e. The molecule has 0 spiro atoms. The van der Waals surface area contributed by atoms with Crippen molar-refractivity contribution in [3.05, 3.63) is 46.2 Å². The van der Waals surface area contributed by atoms with Crippen LogP contribution in [-0.2, 0) is 22.6 Å². The Labute approximate surface area is 157 Å². The molecule has 3 heterocycles. The van der Waals surface area contributed by atoms with Gasteiger partial charge in [-0.25, -0.2) is 4.98 Å². The fourth-order valence-corrected chi connectivity index (χ4v) is 3.98. The van der Waals surface area contributed by atoms with Gasteiger partial charge in [0.1, 0.15) is 0 Å². The van der Waals surface area contributed by atoms with E-state index in [1.165, 1.54) is 4.88 Å². The molecule has 1 aliphatic heterocycles. The fraction of sp³-hybridized carbons (Fsp3) is 0.474. The molecule has 0 saturated carbocycles. The van der Waals surface area contributed by atoms with E-state index in [9.17, 15) is 9.59 Å². The first kappa shape index (κ1) is 18.5. The maximum atomic E-state index is 12.8. The molecule has 138 valence electrons. The van der Waals surface area contributed by atoms with Crippen LogP contribution in [0.2, 0.25) is 0 Å². The molecular formula is C19H24N4O2S. The highest BCUT2D eigenvalue weighted by Crippen LogP contribution is 2.21. The fourth-order valence-electron chi connectivity index (χ4n) is 3.21. The van der Waals surface area contributed by atoms with Crippen molar-refractivity contribution in [2.24, 2.45) is 5.92 Å². The van der Waals surface area contributed by atoms with Gasteiger partial charge in [-0.3, -0.25) is 14.6 Å². The minimum Gasteiger partial charge on any atom is -0.345 e. The average molecular weight is 372 g/mol. The van der Waals surface area contributed by atoms with Gasteiger partial charge in [0.15, 0.2) is 0 Å². The lowest BCUT2D eigenvalue weighted by molar-refractivity contribution is -0.142. The molecule has 1 fully saturated rings. The van der Waals surface area contributed by atoms with Crippen LogP contribution in [0, 0.1) is 12.8 Å². The number of pyridine rings is 1. The number of aryl methyl sites for hydroxylation is 1. The smallest absolute Gasteiger partial charge is 0.227 e. The topological polar surface area (TPSA) is 66.4 Å². The third-order valence-corrected chi connectivity index (χ3v) is 5.82. The minimum atomic E-state index is -0.135. The molecule has 0 radical (unpaired) electrons. The van der Waals surface area contributed by atoms with Gasteiger partial charge < -0.3 is 9.80 Å². The summed E-state index contributed by atoms with van der Waals surface area (Å²) >= 11 is 1.63. The molecule has 26 heavy (non-hydrogen) atoms. The predicted octanol–water partition coefficient (Wildman–Crippen LogP) is 2.29. The van der Waals surface area contributed by atoms with Crippen molar-refractivity contribution in [3.63, 3.8) is 0 Å². The molecule has 7 heteroatoms. The van der Waals surface area contributed by atoms with Gasteiger partial charge in [-0.15, -0.1) is 11.3 Å². The number of hydrogen-bond donors (Lipinski definition) is 0. The Kier molecular flexibility index (Phi) is 5.98. The van der Waals surface area contributed by atoms with Crippen molar-refractivity contribution < 1.29 is 9.59 Å². The summed E-state index contributed by atoms with van der Waals surface area (Å²) in [6.45, 7) is 3.61. The van der Waals surface area contributed by atoms with E-state index < -0.39 is 0 Å². The Morgan fingerprint density at radius 1 is 1.38 bits per heavy atom. The van der Waals surface area contributed by atoms with Crippen LogP contribution in [-0.4, -0.2) is 51.7 Å². The largest absolute Gasteiger partial charge is 0.345 e. The van der Waals surface area contributed by atoms with Crippen molar-refractivity contribution in [1.82, 2.24) is 19.8 Å². The highest BCUT2D eigenvalue weighted by atomic mass is 32.1. The lowest BCUT2D eigenvalue weighted by Gasteiger charge is -2.33. The monoisotopic (exact) mass is 372 g/mol. The molecule has 2 aromatic heterocycles. The van der Waals surface area contributed by atoms with Gasteiger partial charge in [-0.05, 0) is 25.5 Å². The van der Waals surface area contributed by atoms with Crippen molar-refractivity contribution in [3.8, 4) is 0 Å². The second-order valence-corrected chi connectivity index (χ2v) is 7.64. The normalized spacial score (nSPS) is 17.4. The third-order valence-electron chi connectivity index (χ3n) is 4.82. The molecule has 1 atom stereocenters. The SMILES string of the molecule is Cc1ncsc1CCN(C)C(=O)C1CCC(=O)N(Cc2ccccn2)C1. The van der Waals surface area contributed by atoms with Crippen LogP contribution in [0.25, 0.3) is 0 Å². The standard InChI is InChI=1S/C19H24N4O2S/c1-14-17(26-13-21-14)8-10-22(2)19(25)15-6-7-18(24)23(11-15)12-16-5-3-4-9-20-16/h3-5,9,13,15H,6-8,10-12H2,1-2H3. The van der Waals surface area contributed by atoms with Crippen molar-refractivity contribution >= 4 is 23.2 Å². The summed E-state index contributed by atoms with van der Waals surface area (Å²) in [5, 5.41) is 0. The summed E-state index contributed by atoms with van der Waals surface area (Å²) < 4.78 is 0. The van der Waals surface area contributed by atoms with Gasteiger partial charge in [0.05, 0.1) is 29.4 Å². The summed E-state index contributed by atoms with van der Waals surface area (Å²) in [5.74, 6) is 0.0808. The van der Waals surface area contributed by atoms with Crippen LogP contribution in [0.1, 0.15) is 29.1 Å². The van der Waals surface area contributed by atoms with Gasteiger partial charge in [0.2, 0.25) is 11.8 Å². The molecule has 2 aromatic rings. The Morgan fingerprint density at radius 2 is 2.23 bits per heavy atom.